The molecule has 1 atom stereocenters. The second-order valence-corrected chi connectivity index (χ2v) is 7.37. The molecule has 1 aliphatic carbocycles. The van der Waals surface area contributed by atoms with Crippen LogP contribution in [0, 0.1) is 13.8 Å². The molecule has 8 nitrogen and oxygen atoms in total. The van der Waals surface area contributed by atoms with Gasteiger partial charge in [-0.2, -0.15) is 5.10 Å². The number of nitrogens with one attached hydrogen (secondary N) is 1. The van der Waals surface area contributed by atoms with Gasteiger partial charge < -0.3 is 5.32 Å². The van der Waals surface area contributed by atoms with Crippen molar-refractivity contribution in [3.8, 4) is 5.69 Å². The number of rotatable bonds is 6. The lowest BCUT2D eigenvalue weighted by molar-refractivity contribution is -0.122. The molecule has 0 bridgehead atoms. The van der Waals surface area contributed by atoms with Crippen LogP contribution in [0.2, 0.25) is 0 Å². The van der Waals surface area contributed by atoms with Gasteiger partial charge in [-0.25, -0.2) is 9.36 Å². The fourth-order valence-electron chi connectivity index (χ4n) is 3.83. The van der Waals surface area contributed by atoms with Crippen LogP contribution in [0.15, 0.2) is 30.7 Å². The summed E-state index contributed by atoms with van der Waals surface area (Å²) < 4.78 is 3.69. The fraction of sp³-hybridized carbons (Fsp3) is 0.450. The maximum absolute atomic E-state index is 12.4. The summed E-state index contributed by atoms with van der Waals surface area (Å²) in [6.07, 6.45) is 7.61. The van der Waals surface area contributed by atoms with Crippen molar-refractivity contribution < 1.29 is 4.79 Å². The average Bonchev–Trinajstić information content (AvgIpc) is 3.34. The molecule has 1 aliphatic rings. The van der Waals surface area contributed by atoms with Crippen LogP contribution in [-0.4, -0.2) is 35.9 Å². The first-order valence-corrected chi connectivity index (χ1v) is 9.77. The highest BCUT2D eigenvalue weighted by atomic mass is 16.1. The summed E-state index contributed by atoms with van der Waals surface area (Å²) in [7, 11) is 0. The van der Waals surface area contributed by atoms with Gasteiger partial charge in [0.2, 0.25) is 5.91 Å². The number of hydrogen-bond acceptors (Lipinski definition) is 5. The summed E-state index contributed by atoms with van der Waals surface area (Å²) in [5.74, 6) is 0.0606. The topological polar surface area (TPSA) is 90.5 Å². The summed E-state index contributed by atoms with van der Waals surface area (Å²) in [6, 6.07) is 6.32. The number of hydrogen-bond donors (Lipinski definition) is 1. The van der Waals surface area contributed by atoms with Crippen LogP contribution < -0.4 is 5.32 Å². The lowest BCUT2D eigenvalue weighted by Gasteiger charge is -2.24. The smallest absolute Gasteiger partial charge is 0.220 e. The van der Waals surface area contributed by atoms with E-state index >= 15 is 0 Å². The van der Waals surface area contributed by atoms with Crippen molar-refractivity contribution in [2.24, 2.45) is 0 Å². The third-order valence-electron chi connectivity index (χ3n) is 5.50. The molecule has 3 aromatic rings. The zero-order valence-corrected chi connectivity index (χ0v) is 16.3. The van der Waals surface area contributed by atoms with E-state index in [-0.39, 0.29) is 11.9 Å². The summed E-state index contributed by atoms with van der Waals surface area (Å²) in [5.41, 5.74) is 5.96. The van der Waals surface area contributed by atoms with Gasteiger partial charge in [0.05, 0.1) is 17.9 Å². The normalized spacial score (nSPS) is 16.0. The van der Waals surface area contributed by atoms with Gasteiger partial charge >= 0.3 is 0 Å². The highest BCUT2D eigenvalue weighted by Gasteiger charge is 2.26. The number of carbonyl (C=O) groups is 1. The number of benzene rings is 1. The Hall–Kier alpha value is -3.03. The highest BCUT2D eigenvalue weighted by molar-refractivity contribution is 5.76. The molecular formula is C20H25N7O. The molecule has 4 rings (SSSR count). The van der Waals surface area contributed by atoms with E-state index in [1.165, 1.54) is 16.8 Å². The fourth-order valence-corrected chi connectivity index (χ4v) is 3.83. The Morgan fingerprint density at radius 2 is 2.21 bits per heavy atom. The predicted molar refractivity (Wildman–Crippen MR) is 104 cm³/mol. The lowest BCUT2D eigenvalue weighted by atomic mass is 9.92. The average molecular weight is 379 g/mol. The molecule has 0 radical (unpaired) electrons. The molecule has 8 heteroatoms. The molecule has 2 heterocycles. The zero-order chi connectivity index (χ0) is 19.5. The van der Waals surface area contributed by atoms with Crippen molar-refractivity contribution >= 4 is 5.91 Å². The maximum Gasteiger partial charge on any atom is 0.220 e. The highest BCUT2D eigenvalue weighted by Crippen LogP contribution is 2.32. The Morgan fingerprint density at radius 3 is 3.04 bits per heavy atom. The van der Waals surface area contributed by atoms with E-state index < -0.39 is 0 Å². The van der Waals surface area contributed by atoms with E-state index in [0.717, 1.165) is 30.5 Å². The van der Waals surface area contributed by atoms with Crippen LogP contribution in [-0.2, 0) is 17.8 Å². The monoisotopic (exact) mass is 379 g/mol. The molecule has 2 aromatic heterocycles. The van der Waals surface area contributed by atoms with Crippen molar-refractivity contribution in [1.82, 2.24) is 35.3 Å². The number of amides is 1. The first-order chi connectivity index (χ1) is 13.6. The van der Waals surface area contributed by atoms with Gasteiger partial charge in [-0.15, -0.1) is 5.10 Å². The third-order valence-corrected chi connectivity index (χ3v) is 5.50. The quantitative estimate of drug-likeness (QED) is 0.710. The molecule has 0 aliphatic heterocycles. The lowest BCUT2D eigenvalue weighted by Crippen LogP contribution is -2.31. The summed E-state index contributed by atoms with van der Waals surface area (Å²) >= 11 is 0. The third kappa shape index (κ3) is 3.67. The van der Waals surface area contributed by atoms with Crippen LogP contribution in [0.5, 0.6) is 0 Å². The number of nitrogens with zero attached hydrogens (tertiary/aromatic N) is 6. The van der Waals surface area contributed by atoms with E-state index in [9.17, 15) is 4.79 Å². The minimum Gasteiger partial charge on any atom is -0.349 e. The van der Waals surface area contributed by atoms with Gasteiger partial charge in [0.15, 0.2) is 0 Å². The second kappa shape index (κ2) is 7.92. The molecule has 1 N–H and O–H groups in total. The summed E-state index contributed by atoms with van der Waals surface area (Å²) in [6.45, 7) is 4.89. The van der Waals surface area contributed by atoms with E-state index in [0.29, 0.717) is 19.4 Å². The van der Waals surface area contributed by atoms with E-state index in [1.54, 1.807) is 11.0 Å². The minimum atomic E-state index is 0.0307. The zero-order valence-electron chi connectivity index (χ0n) is 16.3. The predicted octanol–water partition coefficient (Wildman–Crippen LogP) is 2.45. The molecule has 0 spiro atoms. The number of fused-ring (bicyclic) bond motifs is 1. The van der Waals surface area contributed by atoms with Crippen LogP contribution in [0.1, 0.15) is 54.1 Å². The summed E-state index contributed by atoms with van der Waals surface area (Å²) in [5, 5.41) is 18.9. The van der Waals surface area contributed by atoms with Gasteiger partial charge in [0.1, 0.15) is 6.33 Å². The van der Waals surface area contributed by atoms with Crippen molar-refractivity contribution in [1.29, 1.82) is 0 Å². The Bertz CT molecular complexity index is 961. The Morgan fingerprint density at radius 1 is 1.32 bits per heavy atom. The largest absolute Gasteiger partial charge is 0.349 e. The first-order valence-electron chi connectivity index (χ1n) is 9.77. The van der Waals surface area contributed by atoms with Gasteiger partial charge in [-0.3, -0.25) is 4.79 Å². The first kappa shape index (κ1) is 18.3. The van der Waals surface area contributed by atoms with Crippen molar-refractivity contribution in [3.63, 3.8) is 0 Å². The van der Waals surface area contributed by atoms with Crippen molar-refractivity contribution in [3.05, 3.63) is 53.1 Å². The number of aromatic nitrogens is 6. The van der Waals surface area contributed by atoms with Gasteiger partial charge in [0, 0.05) is 24.2 Å². The van der Waals surface area contributed by atoms with Gasteiger partial charge in [0.25, 0.3) is 0 Å². The molecule has 0 fully saturated rings. The van der Waals surface area contributed by atoms with Gasteiger partial charge in [-0.1, -0.05) is 12.1 Å². The van der Waals surface area contributed by atoms with Crippen molar-refractivity contribution in [2.75, 3.05) is 0 Å². The molecule has 28 heavy (non-hydrogen) atoms. The number of carbonyl (C=O) groups excluding carboxylic acids is 1. The maximum atomic E-state index is 12.4. The SMILES string of the molecule is Cc1cccc(-n2ncc3c2CCC[C@H]3NC(=O)CCCn2cnnn2)c1C. The molecule has 1 aromatic carbocycles. The van der Waals surface area contributed by atoms with E-state index in [4.69, 9.17) is 0 Å². The molecule has 0 saturated heterocycles. The van der Waals surface area contributed by atoms with Crippen LogP contribution in [0.4, 0.5) is 0 Å². The molecule has 0 saturated carbocycles. The van der Waals surface area contributed by atoms with E-state index in [2.05, 4.69) is 58.0 Å². The van der Waals surface area contributed by atoms with Crippen molar-refractivity contribution in [2.45, 2.75) is 58.5 Å². The van der Waals surface area contributed by atoms with Crippen LogP contribution >= 0.6 is 0 Å². The Labute approximate surface area is 163 Å². The standard InChI is InChI=1S/C20H25N7O/c1-14-6-3-8-18(15(14)2)27-19-9-4-7-17(16(19)12-22-27)23-20(28)10-5-11-26-13-21-24-25-26/h3,6,8,12-13,17H,4-5,7,9-11H2,1-2H3,(H,23,28)/t17-/m1/s1. The molecule has 1 amide bonds. The number of aryl methyl sites for hydroxylation is 2. The Balaban J connectivity index is 1.45. The molecular weight excluding hydrogens is 354 g/mol. The van der Waals surface area contributed by atoms with Crippen LogP contribution in [0.3, 0.4) is 0 Å². The van der Waals surface area contributed by atoms with E-state index in [1.807, 2.05) is 10.9 Å². The number of tetrazole rings is 1. The van der Waals surface area contributed by atoms with Crippen LogP contribution in [0.25, 0.3) is 5.69 Å². The second-order valence-electron chi connectivity index (χ2n) is 7.37. The Kier molecular flexibility index (Phi) is 5.18. The molecule has 146 valence electrons. The minimum absolute atomic E-state index is 0.0307. The summed E-state index contributed by atoms with van der Waals surface area (Å²) in [4.78, 5) is 12.4. The van der Waals surface area contributed by atoms with Gasteiger partial charge in [-0.05, 0) is 67.2 Å². The molecule has 0 unspecified atom stereocenters.